The van der Waals surface area contributed by atoms with E-state index in [0.29, 0.717) is 5.56 Å². The number of aryl methyl sites for hydroxylation is 1. The predicted octanol–water partition coefficient (Wildman–Crippen LogP) is 2.94. The van der Waals surface area contributed by atoms with Crippen molar-refractivity contribution in [3.63, 3.8) is 0 Å². The number of carboxylic acid groups (broad SMARTS) is 1. The summed E-state index contributed by atoms with van der Waals surface area (Å²) in [4.78, 5) is 21.2. The number of rotatable bonds is 6. The Morgan fingerprint density at radius 3 is 2.76 bits per heavy atom. The maximum absolute atomic E-state index is 10.7. The van der Waals surface area contributed by atoms with E-state index in [9.17, 15) is 9.59 Å². The molecule has 0 heterocycles. The van der Waals surface area contributed by atoms with Crippen LogP contribution in [0.2, 0.25) is 0 Å². The zero-order chi connectivity index (χ0) is 12.7. The molecule has 0 unspecified atom stereocenters. The van der Waals surface area contributed by atoms with Crippen LogP contribution >= 0.6 is 0 Å². The summed E-state index contributed by atoms with van der Waals surface area (Å²) in [6.45, 7) is 2.09. The molecule has 1 rings (SSSR count). The molecule has 1 aromatic carbocycles. The summed E-state index contributed by atoms with van der Waals surface area (Å²) in [6, 6.07) is 5.31. The van der Waals surface area contributed by atoms with Gasteiger partial charge in [0, 0.05) is 11.6 Å². The fourth-order valence-electron chi connectivity index (χ4n) is 1.61. The van der Waals surface area contributed by atoms with Crippen LogP contribution < -0.4 is 0 Å². The minimum atomic E-state index is -0.967. The van der Waals surface area contributed by atoms with Crippen molar-refractivity contribution >= 4 is 18.3 Å². The predicted molar refractivity (Wildman–Crippen MR) is 67.1 cm³/mol. The fourth-order valence-corrected chi connectivity index (χ4v) is 1.61. The molecule has 1 N–H and O–H groups in total. The van der Waals surface area contributed by atoms with E-state index in [2.05, 4.69) is 6.92 Å². The van der Waals surface area contributed by atoms with Gasteiger partial charge in [0.15, 0.2) is 0 Å². The van der Waals surface area contributed by atoms with Gasteiger partial charge in [0.1, 0.15) is 6.29 Å². The summed E-state index contributed by atoms with van der Waals surface area (Å²) < 4.78 is 0. The van der Waals surface area contributed by atoms with Crippen LogP contribution in [0.25, 0.3) is 6.08 Å². The Labute approximate surface area is 101 Å². The number of carbonyl (C=O) groups excluding carboxylic acids is 1. The average molecular weight is 232 g/mol. The zero-order valence-corrected chi connectivity index (χ0v) is 9.85. The van der Waals surface area contributed by atoms with Crippen LogP contribution in [0, 0.1) is 0 Å². The van der Waals surface area contributed by atoms with Gasteiger partial charge in [0.05, 0.1) is 0 Å². The molecule has 0 aromatic heterocycles. The van der Waals surface area contributed by atoms with Gasteiger partial charge in [-0.1, -0.05) is 25.5 Å². The molecule has 0 saturated carbocycles. The highest BCUT2D eigenvalue weighted by atomic mass is 16.4. The molecular formula is C14H16O3. The summed E-state index contributed by atoms with van der Waals surface area (Å²) in [5.74, 6) is -0.967. The number of aliphatic carboxylic acids is 1. The van der Waals surface area contributed by atoms with Crippen molar-refractivity contribution in [1.82, 2.24) is 0 Å². The Bertz CT molecular complexity index is 433. The highest BCUT2D eigenvalue weighted by Gasteiger charge is 2.02. The van der Waals surface area contributed by atoms with Gasteiger partial charge in [-0.3, -0.25) is 4.79 Å². The molecule has 0 radical (unpaired) electrons. The Morgan fingerprint density at radius 2 is 2.18 bits per heavy atom. The van der Waals surface area contributed by atoms with Crippen molar-refractivity contribution in [3.8, 4) is 0 Å². The first-order valence-electron chi connectivity index (χ1n) is 5.66. The molecule has 0 spiro atoms. The largest absolute Gasteiger partial charge is 0.478 e. The summed E-state index contributed by atoms with van der Waals surface area (Å²) in [6.07, 6.45) is 6.44. The Kier molecular flexibility index (Phi) is 5.14. The van der Waals surface area contributed by atoms with Crippen LogP contribution in [0.15, 0.2) is 24.3 Å². The van der Waals surface area contributed by atoms with Gasteiger partial charge in [-0.15, -0.1) is 0 Å². The zero-order valence-electron chi connectivity index (χ0n) is 9.85. The number of aldehydes is 1. The van der Waals surface area contributed by atoms with E-state index in [1.807, 2.05) is 6.07 Å². The first kappa shape index (κ1) is 13.2. The number of hydrogen-bond acceptors (Lipinski definition) is 2. The van der Waals surface area contributed by atoms with Gasteiger partial charge in [-0.2, -0.15) is 0 Å². The van der Waals surface area contributed by atoms with Crippen LogP contribution in [-0.4, -0.2) is 17.4 Å². The quantitative estimate of drug-likeness (QED) is 0.606. The lowest BCUT2D eigenvalue weighted by Crippen LogP contribution is -1.93. The highest BCUT2D eigenvalue weighted by Crippen LogP contribution is 2.16. The molecule has 3 nitrogen and oxygen atoms in total. The maximum Gasteiger partial charge on any atom is 0.328 e. The molecular weight excluding hydrogens is 216 g/mol. The van der Waals surface area contributed by atoms with Crippen LogP contribution in [0.4, 0.5) is 0 Å². The molecule has 90 valence electrons. The Hall–Kier alpha value is -1.90. The van der Waals surface area contributed by atoms with Crippen LogP contribution in [0.1, 0.15) is 41.3 Å². The number of carboxylic acids is 1. The third-order valence-corrected chi connectivity index (χ3v) is 2.51. The van der Waals surface area contributed by atoms with Crippen molar-refractivity contribution in [1.29, 1.82) is 0 Å². The van der Waals surface area contributed by atoms with E-state index < -0.39 is 5.97 Å². The van der Waals surface area contributed by atoms with Gasteiger partial charge < -0.3 is 5.11 Å². The molecule has 1 aromatic rings. The molecule has 0 bridgehead atoms. The second kappa shape index (κ2) is 6.63. The van der Waals surface area contributed by atoms with Crippen LogP contribution in [-0.2, 0) is 11.2 Å². The molecule has 0 atom stereocenters. The summed E-state index contributed by atoms with van der Waals surface area (Å²) >= 11 is 0. The molecule has 0 aliphatic rings. The molecule has 17 heavy (non-hydrogen) atoms. The number of hydrogen-bond donors (Lipinski definition) is 1. The van der Waals surface area contributed by atoms with Crippen molar-refractivity contribution in [3.05, 3.63) is 41.0 Å². The maximum atomic E-state index is 10.7. The number of carbonyl (C=O) groups is 2. The van der Waals surface area contributed by atoms with E-state index in [1.54, 1.807) is 18.2 Å². The van der Waals surface area contributed by atoms with Gasteiger partial charge in [0.2, 0.25) is 0 Å². The Morgan fingerprint density at radius 1 is 1.41 bits per heavy atom. The lowest BCUT2D eigenvalue weighted by molar-refractivity contribution is -0.131. The SMILES string of the molecule is CCCCc1cc(C=O)ccc1/C=C/C(=O)O. The smallest absolute Gasteiger partial charge is 0.328 e. The molecule has 0 amide bonds. The summed E-state index contributed by atoms with van der Waals surface area (Å²) in [5, 5.41) is 8.60. The third kappa shape index (κ3) is 4.23. The fraction of sp³-hybridized carbons (Fsp3) is 0.286. The van der Waals surface area contributed by atoms with Crippen LogP contribution in [0.5, 0.6) is 0 Å². The normalized spacial score (nSPS) is 10.6. The third-order valence-electron chi connectivity index (χ3n) is 2.51. The van der Waals surface area contributed by atoms with Gasteiger partial charge in [-0.05, 0) is 36.1 Å². The van der Waals surface area contributed by atoms with Gasteiger partial charge in [-0.25, -0.2) is 4.79 Å². The Balaban J connectivity index is 3.01. The van der Waals surface area contributed by atoms with Crippen molar-refractivity contribution < 1.29 is 14.7 Å². The molecule has 3 heteroatoms. The molecule has 0 aliphatic carbocycles. The van der Waals surface area contributed by atoms with E-state index in [4.69, 9.17) is 5.11 Å². The second-order valence-electron chi connectivity index (χ2n) is 3.85. The summed E-state index contributed by atoms with van der Waals surface area (Å²) in [5.41, 5.74) is 2.52. The molecule has 0 saturated heterocycles. The topological polar surface area (TPSA) is 54.4 Å². The first-order chi connectivity index (χ1) is 8.17. The monoisotopic (exact) mass is 232 g/mol. The molecule has 0 fully saturated rings. The van der Waals surface area contributed by atoms with E-state index in [0.717, 1.165) is 42.8 Å². The van der Waals surface area contributed by atoms with E-state index >= 15 is 0 Å². The lowest BCUT2D eigenvalue weighted by atomic mass is 9.99. The summed E-state index contributed by atoms with van der Waals surface area (Å²) in [7, 11) is 0. The highest BCUT2D eigenvalue weighted by molar-refractivity contribution is 5.86. The first-order valence-corrected chi connectivity index (χ1v) is 5.66. The van der Waals surface area contributed by atoms with Gasteiger partial charge in [0.25, 0.3) is 0 Å². The lowest BCUT2D eigenvalue weighted by Gasteiger charge is -2.06. The van der Waals surface area contributed by atoms with E-state index in [1.165, 1.54) is 0 Å². The minimum Gasteiger partial charge on any atom is -0.478 e. The van der Waals surface area contributed by atoms with Crippen LogP contribution in [0.3, 0.4) is 0 Å². The second-order valence-corrected chi connectivity index (χ2v) is 3.85. The number of unbranched alkanes of at least 4 members (excludes halogenated alkanes) is 1. The van der Waals surface area contributed by atoms with Crippen molar-refractivity contribution in [2.45, 2.75) is 26.2 Å². The molecule has 0 aliphatic heterocycles. The van der Waals surface area contributed by atoms with E-state index in [-0.39, 0.29) is 0 Å². The van der Waals surface area contributed by atoms with Gasteiger partial charge >= 0.3 is 5.97 Å². The minimum absolute atomic E-state index is 0.628. The van der Waals surface area contributed by atoms with Crippen molar-refractivity contribution in [2.24, 2.45) is 0 Å². The standard InChI is InChI=1S/C14H16O3/c1-2-3-4-13-9-11(10-15)5-6-12(13)7-8-14(16)17/h5-10H,2-4H2,1H3,(H,16,17)/b8-7+. The number of benzene rings is 1. The average Bonchev–Trinajstić information content (AvgIpc) is 2.34. The van der Waals surface area contributed by atoms with Crippen molar-refractivity contribution in [2.75, 3.05) is 0 Å².